The normalized spacial score (nSPS) is 14.7. The van der Waals surface area contributed by atoms with Gasteiger partial charge >= 0.3 is 0 Å². The summed E-state index contributed by atoms with van der Waals surface area (Å²) >= 11 is 0. The van der Waals surface area contributed by atoms with Gasteiger partial charge in [-0.25, -0.2) is 0 Å². The number of hydrogen-bond acceptors (Lipinski definition) is 4. The summed E-state index contributed by atoms with van der Waals surface area (Å²) in [5, 5.41) is 22.6. The van der Waals surface area contributed by atoms with Gasteiger partial charge in [0.25, 0.3) is 0 Å². The summed E-state index contributed by atoms with van der Waals surface area (Å²) in [4.78, 5) is 0. The van der Waals surface area contributed by atoms with E-state index in [1.54, 1.807) is 19.2 Å². The van der Waals surface area contributed by atoms with Gasteiger partial charge in [-0.1, -0.05) is 18.2 Å². The van der Waals surface area contributed by atoms with Crippen LogP contribution in [0, 0.1) is 0 Å². The number of benzene rings is 1. The van der Waals surface area contributed by atoms with Gasteiger partial charge in [-0.15, -0.1) is 0 Å². The van der Waals surface area contributed by atoms with E-state index in [1.807, 2.05) is 26.0 Å². The summed E-state index contributed by atoms with van der Waals surface area (Å²) in [6.07, 6.45) is -1.76. The molecule has 0 heterocycles. The second kappa shape index (κ2) is 6.59. The van der Waals surface area contributed by atoms with Crippen molar-refractivity contribution in [1.29, 1.82) is 0 Å². The van der Waals surface area contributed by atoms with Crippen LogP contribution in [0.2, 0.25) is 0 Å². The number of nitrogens with one attached hydrogen (secondary N) is 1. The zero-order valence-corrected chi connectivity index (χ0v) is 10.6. The molecular formula is C13H21NO3. The van der Waals surface area contributed by atoms with Gasteiger partial charge in [0, 0.05) is 12.1 Å². The highest BCUT2D eigenvalue weighted by Crippen LogP contribution is 2.27. The van der Waals surface area contributed by atoms with E-state index in [0.717, 1.165) is 0 Å². The summed E-state index contributed by atoms with van der Waals surface area (Å²) in [5.41, 5.74) is 0.615. The molecule has 0 bridgehead atoms. The SMILES string of the molecule is CNCC(O)C(O)c1ccccc1OC(C)C. The summed E-state index contributed by atoms with van der Waals surface area (Å²) in [7, 11) is 1.73. The number of ether oxygens (including phenoxy) is 1. The molecule has 0 aliphatic carbocycles. The average molecular weight is 239 g/mol. The lowest BCUT2D eigenvalue weighted by Crippen LogP contribution is -2.30. The first-order chi connectivity index (χ1) is 8.06. The second-order valence-corrected chi connectivity index (χ2v) is 4.27. The van der Waals surface area contributed by atoms with Crippen LogP contribution in [0.4, 0.5) is 0 Å². The first-order valence-electron chi connectivity index (χ1n) is 5.82. The van der Waals surface area contributed by atoms with Crippen molar-refractivity contribution in [2.45, 2.75) is 32.2 Å². The highest BCUT2D eigenvalue weighted by molar-refractivity contribution is 5.35. The zero-order valence-electron chi connectivity index (χ0n) is 10.6. The molecule has 0 saturated heterocycles. The maximum absolute atomic E-state index is 10.0. The summed E-state index contributed by atoms with van der Waals surface area (Å²) in [6, 6.07) is 7.22. The quantitative estimate of drug-likeness (QED) is 0.695. The Bertz CT molecular complexity index is 341. The van der Waals surface area contributed by atoms with E-state index in [0.29, 0.717) is 17.9 Å². The van der Waals surface area contributed by atoms with Crippen LogP contribution in [-0.4, -0.2) is 36.0 Å². The van der Waals surface area contributed by atoms with Crippen LogP contribution in [0.1, 0.15) is 25.5 Å². The van der Waals surface area contributed by atoms with E-state index in [1.165, 1.54) is 0 Å². The zero-order chi connectivity index (χ0) is 12.8. The van der Waals surface area contributed by atoms with E-state index >= 15 is 0 Å². The molecule has 96 valence electrons. The molecule has 1 aromatic rings. The smallest absolute Gasteiger partial charge is 0.125 e. The van der Waals surface area contributed by atoms with Crippen molar-refractivity contribution in [1.82, 2.24) is 5.32 Å². The second-order valence-electron chi connectivity index (χ2n) is 4.27. The van der Waals surface area contributed by atoms with Crippen molar-refractivity contribution in [3.05, 3.63) is 29.8 Å². The monoisotopic (exact) mass is 239 g/mol. The van der Waals surface area contributed by atoms with Crippen LogP contribution in [0.15, 0.2) is 24.3 Å². The lowest BCUT2D eigenvalue weighted by atomic mass is 10.0. The van der Waals surface area contributed by atoms with Gasteiger partial charge in [-0.3, -0.25) is 0 Å². The van der Waals surface area contributed by atoms with Crippen LogP contribution >= 0.6 is 0 Å². The molecular weight excluding hydrogens is 218 g/mol. The van der Waals surface area contributed by atoms with Crippen molar-refractivity contribution >= 4 is 0 Å². The van der Waals surface area contributed by atoms with Gasteiger partial charge in [-0.05, 0) is 27.0 Å². The molecule has 17 heavy (non-hydrogen) atoms. The Balaban J connectivity index is 2.88. The first-order valence-corrected chi connectivity index (χ1v) is 5.82. The molecule has 0 aliphatic heterocycles. The van der Waals surface area contributed by atoms with Crippen molar-refractivity contribution in [3.8, 4) is 5.75 Å². The predicted molar refractivity (Wildman–Crippen MR) is 67.1 cm³/mol. The number of aliphatic hydroxyl groups is 2. The molecule has 2 unspecified atom stereocenters. The Morgan fingerprint density at radius 2 is 1.88 bits per heavy atom. The number of para-hydroxylation sites is 1. The van der Waals surface area contributed by atoms with Crippen molar-refractivity contribution in [2.24, 2.45) is 0 Å². The fourth-order valence-corrected chi connectivity index (χ4v) is 1.61. The number of hydrogen-bond donors (Lipinski definition) is 3. The molecule has 0 aliphatic rings. The lowest BCUT2D eigenvalue weighted by Gasteiger charge is -2.21. The van der Waals surface area contributed by atoms with E-state index in [9.17, 15) is 10.2 Å². The Kier molecular flexibility index (Phi) is 5.41. The molecule has 0 saturated carbocycles. The Labute approximate surface area is 102 Å². The molecule has 0 spiro atoms. The minimum absolute atomic E-state index is 0.0322. The highest BCUT2D eigenvalue weighted by atomic mass is 16.5. The van der Waals surface area contributed by atoms with Gasteiger partial charge in [0.15, 0.2) is 0 Å². The maximum atomic E-state index is 10.0. The average Bonchev–Trinajstić information content (AvgIpc) is 2.28. The fraction of sp³-hybridized carbons (Fsp3) is 0.538. The number of likely N-dealkylation sites (N-methyl/N-ethyl adjacent to an activating group) is 1. The van der Waals surface area contributed by atoms with Crippen molar-refractivity contribution in [3.63, 3.8) is 0 Å². The standard InChI is InChI=1S/C13H21NO3/c1-9(2)17-12-7-5-4-6-10(12)13(16)11(15)8-14-3/h4-7,9,11,13-16H,8H2,1-3H3. The van der Waals surface area contributed by atoms with Crippen LogP contribution < -0.4 is 10.1 Å². The third-order valence-corrected chi connectivity index (χ3v) is 2.38. The van der Waals surface area contributed by atoms with Gasteiger partial charge in [-0.2, -0.15) is 0 Å². The summed E-state index contributed by atoms with van der Waals surface area (Å²) in [6.45, 7) is 4.18. The molecule has 0 radical (unpaired) electrons. The number of rotatable bonds is 6. The van der Waals surface area contributed by atoms with E-state index in [2.05, 4.69) is 5.32 Å². The van der Waals surface area contributed by atoms with Crippen LogP contribution in [0.25, 0.3) is 0 Å². The first kappa shape index (κ1) is 14.0. The molecule has 4 nitrogen and oxygen atoms in total. The molecule has 1 rings (SSSR count). The van der Waals surface area contributed by atoms with E-state index in [4.69, 9.17) is 4.74 Å². The Morgan fingerprint density at radius 1 is 1.24 bits per heavy atom. The molecule has 3 N–H and O–H groups in total. The topological polar surface area (TPSA) is 61.7 Å². The van der Waals surface area contributed by atoms with Gasteiger partial charge in [0.1, 0.15) is 11.9 Å². The predicted octanol–water partition coefficient (Wildman–Crippen LogP) is 1.09. The van der Waals surface area contributed by atoms with Gasteiger partial charge < -0.3 is 20.3 Å². The molecule has 0 fully saturated rings. The Hall–Kier alpha value is -1.10. The summed E-state index contributed by atoms with van der Waals surface area (Å²) < 4.78 is 5.60. The third kappa shape index (κ3) is 4.00. The number of aliphatic hydroxyl groups excluding tert-OH is 2. The summed E-state index contributed by atoms with van der Waals surface area (Å²) in [5.74, 6) is 0.616. The van der Waals surface area contributed by atoms with Gasteiger partial charge in [0.05, 0.1) is 12.2 Å². The third-order valence-electron chi connectivity index (χ3n) is 2.38. The molecule has 1 aromatic carbocycles. The highest BCUT2D eigenvalue weighted by Gasteiger charge is 2.21. The minimum Gasteiger partial charge on any atom is -0.491 e. The van der Waals surface area contributed by atoms with Crippen molar-refractivity contribution in [2.75, 3.05) is 13.6 Å². The van der Waals surface area contributed by atoms with Crippen LogP contribution in [0.3, 0.4) is 0 Å². The fourth-order valence-electron chi connectivity index (χ4n) is 1.61. The maximum Gasteiger partial charge on any atom is 0.125 e. The van der Waals surface area contributed by atoms with E-state index < -0.39 is 12.2 Å². The largest absolute Gasteiger partial charge is 0.491 e. The van der Waals surface area contributed by atoms with Crippen LogP contribution in [0.5, 0.6) is 5.75 Å². The Morgan fingerprint density at radius 3 is 2.47 bits per heavy atom. The lowest BCUT2D eigenvalue weighted by molar-refractivity contribution is 0.0180. The molecule has 4 heteroatoms. The molecule has 2 atom stereocenters. The minimum atomic E-state index is -0.947. The van der Waals surface area contributed by atoms with Crippen molar-refractivity contribution < 1.29 is 14.9 Å². The molecule has 0 amide bonds. The van der Waals surface area contributed by atoms with E-state index in [-0.39, 0.29) is 6.10 Å². The van der Waals surface area contributed by atoms with Gasteiger partial charge in [0.2, 0.25) is 0 Å². The van der Waals surface area contributed by atoms with Crippen LogP contribution in [-0.2, 0) is 0 Å². The molecule has 0 aromatic heterocycles.